The van der Waals surface area contributed by atoms with Gasteiger partial charge in [-0.2, -0.15) is 5.12 Å². The van der Waals surface area contributed by atoms with Crippen molar-refractivity contribution in [3.8, 4) is 0 Å². The molecular weight excluding hydrogens is 334 g/mol. The van der Waals surface area contributed by atoms with Crippen molar-refractivity contribution in [2.45, 2.75) is 13.3 Å². The highest BCUT2D eigenvalue weighted by Gasteiger charge is 2.17. The van der Waals surface area contributed by atoms with Gasteiger partial charge in [0.2, 0.25) is 5.84 Å². The molecule has 5 heteroatoms. The molecule has 0 amide bonds. The summed E-state index contributed by atoms with van der Waals surface area (Å²) in [7, 11) is 4.10. The van der Waals surface area contributed by atoms with Gasteiger partial charge in [-0.3, -0.25) is 0 Å². The second-order valence-corrected chi connectivity index (χ2v) is 6.83. The summed E-state index contributed by atoms with van der Waals surface area (Å²) >= 11 is 0. The molecule has 0 radical (unpaired) electrons. The number of nitrogens with two attached hydrogens (primary N) is 1. The maximum atomic E-state index is 4.61. The maximum Gasteiger partial charge on any atom is 0.243 e. The number of nitrogens with one attached hydrogen (secondary N) is 1. The van der Waals surface area contributed by atoms with Crippen molar-refractivity contribution in [1.82, 2.24) is 10.7 Å². The minimum atomic E-state index is 0.720. The topological polar surface area (TPSA) is 47.5 Å². The van der Waals surface area contributed by atoms with Crippen LogP contribution in [0.5, 0.6) is 0 Å². The molecule has 0 saturated heterocycles. The van der Waals surface area contributed by atoms with Gasteiger partial charge in [-0.15, -0.1) is 5.10 Å². The second-order valence-electron chi connectivity index (χ2n) is 6.83. The number of quaternary nitrogens is 1. The first kappa shape index (κ1) is 18.9. The number of allylic oxidation sites excluding steroid dienone is 2. The number of hydrogen-bond acceptors (Lipinski definition) is 4. The Morgan fingerprint density at radius 3 is 2.59 bits per heavy atom. The molecule has 1 heterocycles. The van der Waals surface area contributed by atoms with Gasteiger partial charge in [-0.25, -0.2) is 5.43 Å². The van der Waals surface area contributed by atoms with Crippen molar-refractivity contribution in [2.24, 2.45) is 5.10 Å². The number of hydrazone groups is 1. The molecule has 3 N–H and O–H groups in total. The fourth-order valence-electron chi connectivity index (χ4n) is 2.84. The molecular formula is C22H28N5+. The summed E-state index contributed by atoms with van der Waals surface area (Å²) < 4.78 is 0. The molecule has 27 heavy (non-hydrogen) atoms. The smallest absolute Gasteiger partial charge is 0.243 e. The van der Waals surface area contributed by atoms with Gasteiger partial charge in [0, 0.05) is 19.8 Å². The zero-order valence-corrected chi connectivity index (χ0v) is 16.3. The van der Waals surface area contributed by atoms with E-state index in [1.807, 2.05) is 10.5 Å². The first-order chi connectivity index (χ1) is 13.1. The molecule has 0 aliphatic carbocycles. The van der Waals surface area contributed by atoms with Crippen LogP contribution in [0.1, 0.15) is 16.7 Å². The number of rotatable bonds is 7. The van der Waals surface area contributed by atoms with Crippen molar-refractivity contribution in [1.29, 1.82) is 0 Å². The van der Waals surface area contributed by atoms with Gasteiger partial charge in [0.15, 0.2) is 0 Å². The zero-order valence-electron chi connectivity index (χ0n) is 16.3. The normalized spacial score (nSPS) is 14.3. The predicted octanol–water partition coefficient (Wildman–Crippen LogP) is 2.49. The van der Waals surface area contributed by atoms with E-state index in [0.717, 1.165) is 18.8 Å². The fourth-order valence-corrected chi connectivity index (χ4v) is 2.84. The van der Waals surface area contributed by atoms with Crippen LogP contribution < -0.4 is 15.9 Å². The Kier molecular flexibility index (Phi) is 6.41. The van der Waals surface area contributed by atoms with E-state index in [2.05, 4.69) is 109 Å². The molecule has 0 aromatic heterocycles. The Balaban J connectivity index is 1.48. The number of amidine groups is 1. The fraction of sp³-hybridized carbons (Fsp3) is 0.227. The molecule has 0 fully saturated rings. The van der Waals surface area contributed by atoms with Crippen LogP contribution in [0.25, 0.3) is 6.08 Å². The highest BCUT2D eigenvalue weighted by atomic mass is 15.9. The predicted molar refractivity (Wildman–Crippen MR) is 113 cm³/mol. The van der Waals surface area contributed by atoms with E-state index in [9.17, 15) is 0 Å². The van der Waals surface area contributed by atoms with Gasteiger partial charge in [0.1, 0.15) is 0 Å². The molecule has 0 atom stereocenters. The lowest BCUT2D eigenvalue weighted by molar-refractivity contribution is -0.621. The van der Waals surface area contributed by atoms with Crippen LogP contribution in [-0.2, 0) is 6.42 Å². The lowest BCUT2D eigenvalue weighted by Crippen LogP contribution is -2.95. The Morgan fingerprint density at radius 1 is 1.07 bits per heavy atom. The lowest BCUT2D eigenvalue weighted by atomic mass is 10.1. The Hall–Kier alpha value is -2.89. The minimum absolute atomic E-state index is 0.720. The summed E-state index contributed by atoms with van der Waals surface area (Å²) in [4.78, 5) is 2.10. The van der Waals surface area contributed by atoms with Crippen LogP contribution in [-0.4, -0.2) is 31.6 Å². The molecule has 3 rings (SSSR count). The SMILES string of the molecule is Cc1ccccc1C=CC=CCN1N=C(Cc2ccc(N(C)C)cc2)[NH2+]N1. The molecule has 5 nitrogen and oxygen atoms in total. The largest absolute Gasteiger partial charge is 0.378 e. The quantitative estimate of drug-likeness (QED) is 0.588. The van der Waals surface area contributed by atoms with Gasteiger partial charge in [0.25, 0.3) is 0 Å². The van der Waals surface area contributed by atoms with Crippen LogP contribution in [0.2, 0.25) is 0 Å². The summed E-state index contributed by atoms with van der Waals surface area (Å²) in [5, 5.41) is 6.46. The summed E-state index contributed by atoms with van der Waals surface area (Å²) in [5.74, 6) is 1.04. The molecule has 0 spiro atoms. The molecule has 140 valence electrons. The molecule has 2 aromatic rings. The Bertz CT molecular complexity index is 834. The molecule has 0 bridgehead atoms. The number of aryl methyl sites for hydroxylation is 1. The Morgan fingerprint density at radius 2 is 1.85 bits per heavy atom. The van der Waals surface area contributed by atoms with Crippen molar-refractivity contribution in [3.05, 3.63) is 83.4 Å². The first-order valence-electron chi connectivity index (χ1n) is 9.21. The van der Waals surface area contributed by atoms with E-state index < -0.39 is 0 Å². The van der Waals surface area contributed by atoms with Crippen molar-refractivity contribution >= 4 is 17.6 Å². The summed E-state index contributed by atoms with van der Waals surface area (Å²) in [6.45, 7) is 2.84. The highest BCUT2D eigenvalue weighted by Crippen LogP contribution is 2.12. The highest BCUT2D eigenvalue weighted by molar-refractivity contribution is 5.75. The third kappa shape index (κ3) is 5.54. The van der Waals surface area contributed by atoms with Gasteiger partial charge in [-0.05, 0) is 35.7 Å². The monoisotopic (exact) mass is 362 g/mol. The zero-order chi connectivity index (χ0) is 19.1. The van der Waals surface area contributed by atoms with Crippen LogP contribution in [0.3, 0.4) is 0 Å². The molecule has 1 aliphatic rings. The number of benzene rings is 2. The third-order valence-electron chi connectivity index (χ3n) is 4.46. The van der Waals surface area contributed by atoms with Gasteiger partial charge in [-0.1, -0.05) is 66.2 Å². The van der Waals surface area contributed by atoms with E-state index in [1.54, 1.807) is 0 Å². The van der Waals surface area contributed by atoms with E-state index in [-0.39, 0.29) is 0 Å². The van der Waals surface area contributed by atoms with E-state index in [0.29, 0.717) is 0 Å². The van der Waals surface area contributed by atoms with E-state index in [4.69, 9.17) is 0 Å². The van der Waals surface area contributed by atoms with Crippen LogP contribution in [0.15, 0.2) is 71.9 Å². The minimum Gasteiger partial charge on any atom is -0.378 e. The molecule has 0 saturated carbocycles. The van der Waals surface area contributed by atoms with E-state index in [1.165, 1.54) is 22.4 Å². The van der Waals surface area contributed by atoms with Crippen LogP contribution in [0.4, 0.5) is 5.69 Å². The summed E-state index contributed by atoms with van der Waals surface area (Å²) in [6, 6.07) is 17.0. The molecule has 0 unspecified atom stereocenters. The summed E-state index contributed by atoms with van der Waals surface area (Å²) in [5.41, 5.74) is 10.2. The Labute approximate surface area is 161 Å². The third-order valence-corrected chi connectivity index (χ3v) is 4.46. The standard InChI is InChI=1S/C22H27N5/c1-18-9-6-7-11-20(18)10-5-4-8-16-27-24-22(23-25-27)17-19-12-14-21(15-13-19)26(2)3/h4-15,25H,16-17H2,1-3H3,(H,23,24)/p+1. The number of hydrogen-bond donors (Lipinski definition) is 2. The van der Waals surface area contributed by atoms with Crippen molar-refractivity contribution in [2.75, 3.05) is 25.5 Å². The lowest BCUT2D eigenvalue weighted by Gasteiger charge is -2.12. The van der Waals surface area contributed by atoms with Gasteiger partial charge < -0.3 is 4.90 Å². The van der Waals surface area contributed by atoms with Crippen molar-refractivity contribution < 1.29 is 5.43 Å². The van der Waals surface area contributed by atoms with Crippen LogP contribution >= 0.6 is 0 Å². The number of anilines is 1. The average molecular weight is 363 g/mol. The van der Waals surface area contributed by atoms with Gasteiger partial charge in [0.05, 0.1) is 13.0 Å². The van der Waals surface area contributed by atoms with Crippen LogP contribution in [0, 0.1) is 6.92 Å². The first-order valence-corrected chi connectivity index (χ1v) is 9.21. The second kappa shape index (κ2) is 9.16. The molecule has 2 aromatic carbocycles. The van der Waals surface area contributed by atoms with Crippen molar-refractivity contribution in [3.63, 3.8) is 0 Å². The molecule has 1 aliphatic heterocycles. The van der Waals surface area contributed by atoms with Gasteiger partial charge >= 0.3 is 0 Å². The number of hydrazine groups is 1. The number of nitrogens with zero attached hydrogens (tertiary/aromatic N) is 3. The average Bonchev–Trinajstić information content (AvgIpc) is 3.10. The van der Waals surface area contributed by atoms with E-state index >= 15 is 0 Å². The summed E-state index contributed by atoms with van der Waals surface area (Å²) in [6.07, 6.45) is 9.17. The maximum absolute atomic E-state index is 4.61.